The maximum Gasteiger partial charge on any atom is 0.416 e. The fourth-order valence-corrected chi connectivity index (χ4v) is 2.27. The standard InChI is InChI=1S/C14H17F3N2O2/c15-14(16,17)11-4-1-3-10(7-11)8-19-9-12(5-2-6-18)21-13(19)20/h1,3-4,7,12H,2,5-6,8-9,18H2. The molecule has 1 saturated heterocycles. The minimum atomic E-state index is -4.38. The molecule has 0 spiro atoms. The molecule has 2 rings (SSSR count). The molecule has 0 radical (unpaired) electrons. The normalized spacial score (nSPS) is 19.0. The molecule has 21 heavy (non-hydrogen) atoms. The van der Waals surface area contributed by atoms with Gasteiger partial charge in [0.15, 0.2) is 0 Å². The highest BCUT2D eigenvalue weighted by atomic mass is 19.4. The lowest BCUT2D eigenvalue weighted by atomic mass is 10.1. The van der Waals surface area contributed by atoms with Crippen molar-refractivity contribution in [1.82, 2.24) is 4.90 Å². The highest BCUT2D eigenvalue weighted by Gasteiger charge is 2.32. The van der Waals surface area contributed by atoms with Gasteiger partial charge in [0, 0.05) is 6.54 Å². The Balaban J connectivity index is 2.00. The maximum atomic E-state index is 12.6. The van der Waals surface area contributed by atoms with Crippen LogP contribution in [0.5, 0.6) is 0 Å². The fourth-order valence-electron chi connectivity index (χ4n) is 2.27. The van der Waals surface area contributed by atoms with Crippen molar-refractivity contribution in [1.29, 1.82) is 0 Å². The van der Waals surface area contributed by atoms with E-state index in [4.69, 9.17) is 10.5 Å². The number of benzene rings is 1. The number of amides is 1. The minimum Gasteiger partial charge on any atom is -0.444 e. The second kappa shape index (κ2) is 6.34. The number of ether oxygens (including phenoxy) is 1. The summed E-state index contributed by atoms with van der Waals surface area (Å²) < 4.78 is 43.1. The summed E-state index contributed by atoms with van der Waals surface area (Å²) in [5, 5.41) is 0. The first-order valence-electron chi connectivity index (χ1n) is 6.72. The molecule has 2 N–H and O–H groups in total. The van der Waals surface area contributed by atoms with Gasteiger partial charge >= 0.3 is 12.3 Å². The van der Waals surface area contributed by atoms with Gasteiger partial charge < -0.3 is 15.4 Å². The summed E-state index contributed by atoms with van der Waals surface area (Å²) in [6.45, 7) is 1.01. The molecule has 1 fully saturated rings. The molecule has 1 aromatic rings. The SMILES string of the molecule is NCCCC1CN(Cc2cccc(C(F)(F)F)c2)C(=O)O1. The quantitative estimate of drug-likeness (QED) is 0.910. The molecular formula is C14H17F3N2O2. The Morgan fingerprint density at radius 3 is 2.81 bits per heavy atom. The van der Waals surface area contributed by atoms with E-state index in [1.807, 2.05) is 0 Å². The van der Waals surface area contributed by atoms with Gasteiger partial charge in [0.25, 0.3) is 0 Å². The van der Waals surface area contributed by atoms with Crippen LogP contribution in [-0.2, 0) is 17.5 Å². The molecule has 0 aliphatic carbocycles. The fraction of sp³-hybridized carbons (Fsp3) is 0.500. The van der Waals surface area contributed by atoms with E-state index in [-0.39, 0.29) is 12.6 Å². The number of hydrogen-bond donors (Lipinski definition) is 1. The van der Waals surface area contributed by atoms with Gasteiger partial charge in [-0.2, -0.15) is 13.2 Å². The molecule has 1 atom stereocenters. The number of nitrogens with two attached hydrogens (primary N) is 1. The van der Waals surface area contributed by atoms with E-state index in [1.165, 1.54) is 11.0 Å². The Labute approximate surface area is 120 Å². The zero-order valence-electron chi connectivity index (χ0n) is 11.4. The molecule has 4 nitrogen and oxygen atoms in total. The van der Waals surface area contributed by atoms with Crippen LogP contribution in [-0.4, -0.2) is 30.2 Å². The largest absolute Gasteiger partial charge is 0.444 e. The third-order valence-corrected chi connectivity index (χ3v) is 3.31. The predicted molar refractivity (Wildman–Crippen MR) is 70.4 cm³/mol. The van der Waals surface area contributed by atoms with Gasteiger partial charge in [0.05, 0.1) is 12.1 Å². The third-order valence-electron chi connectivity index (χ3n) is 3.31. The van der Waals surface area contributed by atoms with Crippen molar-refractivity contribution in [3.05, 3.63) is 35.4 Å². The van der Waals surface area contributed by atoms with Crippen LogP contribution >= 0.6 is 0 Å². The number of cyclic esters (lactones) is 1. The monoisotopic (exact) mass is 302 g/mol. The van der Waals surface area contributed by atoms with Crippen molar-refractivity contribution < 1.29 is 22.7 Å². The average Bonchev–Trinajstić information content (AvgIpc) is 2.76. The van der Waals surface area contributed by atoms with Gasteiger partial charge in [-0.05, 0) is 37.1 Å². The van der Waals surface area contributed by atoms with Gasteiger partial charge in [-0.15, -0.1) is 0 Å². The molecule has 1 unspecified atom stereocenters. The zero-order valence-corrected chi connectivity index (χ0v) is 11.4. The molecule has 1 heterocycles. The Hall–Kier alpha value is -1.76. The van der Waals surface area contributed by atoms with E-state index < -0.39 is 17.8 Å². The summed E-state index contributed by atoms with van der Waals surface area (Å²) in [5.74, 6) is 0. The summed E-state index contributed by atoms with van der Waals surface area (Å²) in [4.78, 5) is 13.1. The van der Waals surface area contributed by atoms with Gasteiger partial charge in [-0.3, -0.25) is 0 Å². The second-order valence-electron chi connectivity index (χ2n) is 5.02. The highest BCUT2D eigenvalue weighted by Crippen LogP contribution is 2.30. The molecule has 1 aliphatic heterocycles. The van der Waals surface area contributed by atoms with Gasteiger partial charge in [0.1, 0.15) is 6.10 Å². The average molecular weight is 302 g/mol. The first-order valence-corrected chi connectivity index (χ1v) is 6.72. The van der Waals surface area contributed by atoms with E-state index >= 15 is 0 Å². The number of alkyl halides is 3. The molecule has 7 heteroatoms. The van der Waals surface area contributed by atoms with E-state index in [9.17, 15) is 18.0 Å². The molecule has 1 aliphatic rings. The molecular weight excluding hydrogens is 285 g/mol. The molecule has 1 amide bonds. The van der Waals surface area contributed by atoms with Gasteiger partial charge in [-0.25, -0.2) is 4.79 Å². The van der Waals surface area contributed by atoms with Crippen LogP contribution in [0.25, 0.3) is 0 Å². The van der Waals surface area contributed by atoms with Gasteiger partial charge in [0.2, 0.25) is 0 Å². The number of carbonyl (C=O) groups excluding carboxylic acids is 1. The van der Waals surface area contributed by atoms with E-state index in [2.05, 4.69) is 0 Å². The van der Waals surface area contributed by atoms with E-state index in [1.54, 1.807) is 6.07 Å². The van der Waals surface area contributed by atoms with Gasteiger partial charge in [-0.1, -0.05) is 12.1 Å². The Morgan fingerprint density at radius 1 is 1.38 bits per heavy atom. The number of hydrogen-bond acceptors (Lipinski definition) is 3. The van der Waals surface area contributed by atoms with Crippen molar-refractivity contribution in [2.45, 2.75) is 31.7 Å². The van der Waals surface area contributed by atoms with Crippen LogP contribution < -0.4 is 5.73 Å². The minimum absolute atomic E-state index is 0.113. The lowest BCUT2D eigenvalue weighted by Gasteiger charge is -2.14. The third kappa shape index (κ3) is 4.10. The van der Waals surface area contributed by atoms with Crippen molar-refractivity contribution in [3.8, 4) is 0 Å². The van der Waals surface area contributed by atoms with E-state index in [0.29, 0.717) is 25.1 Å². The van der Waals surface area contributed by atoms with Crippen LogP contribution in [0.15, 0.2) is 24.3 Å². The van der Waals surface area contributed by atoms with Crippen LogP contribution in [0.3, 0.4) is 0 Å². The predicted octanol–water partition coefficient (Wildman–Crippen LogP) is 2.77. The first kappa shape index (κ1) is 15.6. The Morgan fingerprint density at radius 2 is 2.14 bits per heavy atom. The summed E-state index contributed by atoms with van der Waals surface area (Å²) in [5.41, 5.74) is 5.11. The second-order valence-corrected chi connectivity index (χ2v) is 5.02. The maximum absolute atomic E-state index is 12.6. The first-order chi connectivity index (χ1) is 9.90. The lowest BCUT2D eigenvalue weighted by molar-refractivity contribution is -0.137. The molecule has 0 saturated carbocycles. The summed E-state index contributed by atoms with van der Waals surface area (Å²) in [6.07, 6.45) is -3.69. The van der Waals surface area contributed by atoms with Crippen LogP contribution in [0.2, 0.25) is 0 Å². The molecule has 116 valence electrons. The van der Waals surface area contributed by atoms with Crippen LogP contribution in [0.4, 0.5) is 18.0 Å². The van der Waals surface area contributed by atoms with Crippen molar-refractivity contribution >= 4 is 6.09 Å². The van der Waals surface area contributed by atoms with Crippen molar-refractivity contribution in [2.24, 2.45) is 5.73 Å². The number of nitrogens with zero attached hydrogens (tertiary/aromatic N) is 1. The van der Waals surface area contributed by atoms with Crippen molar-refractivity contribution in [2.75, 3.05) is 13.1 Å². The van der Waals surface area contributed by atoms with Crippen LogP contribution in [0.1, 0.15) is 24.0 Å². The highest BCUT2D eigenvalue weighted by molar-refractivity contribution is 5.69. The summed E-state index contributed by atoms with van der Waals surface area (Å²) in [6, 6.07) is 4.97. The lowest BCUT2D eigenvalue weighted by Crippen LogP contribution is -2.25. The Bertz CT molecular complexity index is 505. The molecule has 0 bridgehead atoms. The number of rotatable bonds is 5. The number of halogens is 3. The summed E-state index contributed by atoms with van der Waals surface area (Å²) >= 11 is 0. The number of carbonyl (C=O) groups is 1. The topological polar surface area (TPSA) is 55.6 Å². The Kier molecular flexibility index (Phi) is 4.72. The van der Waals surface area contributed by atoms with Crippen molar-refractivity contribution in [3.63, 3.8) is 0 Å². The molecule has 0 aromatic heterocycles. The van der Waals surface area contributed by atoms with Crippen LogP contribution in [0, 0.1) is 0 Å². The zero-order chi connectivity index (χ0) is 15.5. The smallest absolute Gasteiger partial charge is 0.416 e. The summed E-state index contributed by atoms with van der Waals surface area (Å²) in [7, 11) is 0. The molecule has 1 aromatic carbocycles. The van der Waals surface area contributed by atoms with E-state index in [0.717, 1.165) is 18.6 Å².